The lowest BCUT2D eigenvalue weighted by Gasteiger charge is -2.20. The van der Waals surface area contributed by atoms with Gasteiger partial charge in [0.05, 0.1) is 6.33 Å². The highest BCUT2D eigenvalue weighted by atomic mass is 16.4. The van der Waals surface area contributed by atoms with Gasteiger partial charge in [-0.25, -0.2) is 9.78 Å². The van der Waals surface area contributed by atoms with Gasteiger partial charge in [-0.1, -0.05) is 32.1 Å². The summed E-state index contributed by atoms with van der Waals surface area (Å²) in [5, 5.41) is 11.6. The van der Waals surface area contributed by atoms with Crippen molar-refractivity contribution in [2.24, 2.45) is 5.92 Å². The van der Waals surface area contributed by atoms with Crippen LogP contribution in [0.5, 0.6) is 0 Å². The van der Waals surface area contributed by atoms with Crippen molar-refractivity contribution in [1.29, 1.82) is 0 Å². The minimum absolute atomic E-state index is 0.0265. The molecule has 1 aliphatic carbocycles. The van der Waals surface area contributed by atoms with Gasteiger partial charge in [0.25, 0.3) is 0 Å². The van der Waals surface area contributed by atoms with Crippen LogP contribution in [0.1, 0.15) is 55.4 Å². The second-order valence-corrected chi connectivity index (χ2v) is 5.69. The van der Waals surface area contributed by atoms with Crippen LogP contribution in [0, 0.1) is 5.92 Å². The lowest BCUT2D eigenvalue weighted by Crippen LogP contribution is -2.27. The van der Waals surface area contributed by atoms with Crippen molar-refractivity contribution in [1.82, 2.24) is 14.9 Å². The molecule has 0 aromatic carbocycles. The number of hydrogen-bond acceptors (Lipinski definition) is 3. The second kappa shape index (κ2) is 7.81. The van der Waals surface area contributed by atoms with E-state index in [1.54, 1.807) is 4.57 Å². The minimum atomic E-state index is -1.04. The third-order valence-corrected chi connectivity index (χ3v) is 4.05. The molecule has 1 fully saturated rings. The van der Waals surface area contributed by atoms with E-state index in [2.05, 4.69) is 10.3 Å². The Hall–Kier alpha value is -1.85. The van der Waals surface area contributed by atoms with Crippen molar-refractivity contribution >= 4 is 11.9 Å². The molecule has 1 saturated carbocycles. The van der Waals surface area contributed by atoms with Crippen molar-refractivity contribution in [2.75, 3.05) is 6.54 Å². The summed E-state index contributed by atoms with van der Waals surface area (Å²) in [4.78, 5) is 26.2. The predicted octanol–water partition coefficient (Wildman–Crippen LogP) is 2.06. The summed E-state index contributed by atoms with van der Waals surface area (Å²) in [6.07, 6.45) is 11.0. The zero-order chi connectivity index (χ0) is 15.1. The smallest absolute Gasteiger partial charge is 0.356 e. The molecular formula is C15H23N3O3. The monoisotopic (exact) mass is 293 g/mol. The van der Waals surface area contributed by atoms with E-state index in [9.17, 15) is 9.59 Å². The highest BCUT2D eigenvalue weighted by molar-refractivity contribution is 5.84. The quantitative estimate of drug-likeness (QED) is 0.806. The summed E-state index contributed by atoms with van der Waals surface area (Å²) < 4.78 is 1.67. The molecule has 1 aliphatic rings. The molecule has 0 saturated heterocycles. The number of aromatic nitrogens is 2. The summed E-state index contributed by atoms with van der Waals surface area (Å²) in [6, 6.07) is 0. The van der Waals surface area contributed by atoms with Crippen LogP contribution >= 0.6 is 0 Å². The Morgan fingerprint density at radius 1 is 1.33 bits per heavy atom. The fraction of sp³-hybridized carbons (Fsp3) is 0.667. The van der Waals surface area contributed by atoms with Gasteiger partial charge in [-0.3, -0.25) is 4.79 Å². The van der Waals surface area contributed by atoms with Crippen molar-refractivity contribution in [3.63, 3.8) is 0 Å². The number of rotatable bonds is 7. The molecule has 2 rings (SSSR count). The number of carbonyl (C=O) groups excluding carboxylic acids is 1. The summed E-state index contributed by atoms with van der Waals surface area (Å²) >= 11 is 0. The number of nitrogens with one attached hydrogen (secondary N) is 1. The lowest BCUT2D eigenvalue weighted by molar-refractivity contribution is -0.121. The van der Waals surface area contributed by atoms with Gasteiger partial charge >= 0.3 is 5.97 Å². The first-order chi connectivity index (χ1) is 10.1. The first-order valence-corrected chi connectivity index (χ1v) is 7.67. The number of carbonyl (C=O) groups is 2. The molecule has 116 valence electrons. The third kappa shape index (κ3) is 5.21. The predicted molar refractivity (Wildman–Crippen MR) is 78.0 cm³/mol. The number of imidazole rings is 1. The largest absolute Gasteiger partial charge is 0.476 e. The van der Waals surface area contributed by atoms with Crippen molar-refractivity contribution in [2.45, 2.75) is 51.5 Å². The van der Waals surface area contributed by atoms with Crippen LogP contribution in [0.3, 0.4) is 0 Å². The van der Waals surface area contributed by atoms with Crippen LogP contribution in [-0.4, -0.2) is 33.1 Å². The summed E-state index contributed by atoms with van der Waals surface area (Å²) in [7, 11) is 0. The van der Waals surface area contributed by atoms with E-state index >= 15 is 0 Å². The maximum atomic E-state index is 11.8. The molecule has 0 spiro atoms. The van der Waals surface area contributed by atoms with Crippen molar-refractivity contribution in [3.05, 3.63) is 18.2 Å². The molecule has 1 heterocycles. The standard InChI is InChI=1S/C15H23N3O3/c19-14(7-6-12-4-2-1-3-5-12)16-8-9-18-10-13(15(20)21)17-11-18/h10-12H,1-9H2,(H,16,19)(H,20,21). The van der Waals surface area contributed by atoms with E-state index in [1.807, 2.05) is 0 Å². The van der Waals surface area contributed by atoms with Gasteiger partial charge in [0, 0.05) is 25.7 Å². The highest BCUT2D eigenvalue weighted by Gasteiger charge is 2.14. The van der Waals surface area contributed by atoms with E-state index in [0.29, 0.717) is 19.5 Å². The normalized spacial score (nSPS) is 15.8. The maximum absolute atomic E-state index is 11.8. The maximum Gasteiger partial charge on any atom is 0.356 e. The number of carboxylic acid groups (broad SMARTS) is 1. The first-order valence-electron chi connectivity index (χ1n) is 7.67. The van der Waals surface area contributed by atoms with Gasteiger partial charge in [0.15, 0.2) is 5.69 Å². The molecule has 1 aromatic rings. The molecular weight excluding hydrogens is 270 g/mol. The van der Waals surface area contributed by atoms with Gasteiger partial charge < -0.3 is 15.0 Å². The molecule has 6 nitrogen and oxygen atoms in total. The van der Waals surface area contributed by atoms with Crippen LogP contribution in [0.15, 0.2) is 12.5 Å². The van der Waals surface area contributed by atoms with Gasteiger partial charge in [0.1, 0.15) is 0 Å². The van der Waals surface area contributed by atoms with E-state index in [-0.39, 0.29) is 11.6 Å². The van der Waals surface area contributed by atoms with E-state index < -0.39 is 5.97 Å². The van der Waals surface area contributed by atoms with Crippen molar-refractivity contribution in [3.8, 4) is 0 Å². The molecule has 21 heavy (non-hydrogen) atoms. The summed E-state index contributed by atoms with van der Waals surface area (Å²) in [6.45, 7) is 1.04. The molecule has 0 radical (unpaired) electrons. The van der Waals surface area contributed by atoms with E-state index in [4.69, 9.17) is 5.11 Å². The number of aromatic carboxylic acids is 1. The average Bonchev–Trinajstić information content (AvgIpc) is 2.95. The fourth-order valence-corrected chi connectivity index (χ4v) is 2.82. The van der Waals surface area contributed by atoms with Gasteiger partial charge in [-0.05, 0) is 12.3 Å². The van der Waals surface area contributed by atoms with Gasteiger partial charge in [0.2, 0.25) is 5.91 Å². The number of nitrogens with zero attached hydrogens (tertiary/aromatic N) is 2. The molecule has 6 heteroatoms. The minimum Gasteiger partial charge on any atom is -0.476 e. The SMILES string of the molecule is O=C(CCC1CCCCC1)NCCn1cnc(C(=O)O)c1. The topological polar surface area (TPSA) is 84.2 Å². The Bertz CT molecular complexity index is 478. The zero-order valence-electron chi connectivity index (χ0n) is 12.3. The Morgan fingerprint density at radius 2 is 2.10 bits per heavy atom. The molecule has 0 aliphatic heterocycles. The average molecular weight is 293 g/mol. The van der Waals surface area contributed by atoms with Gasteiger partial charge in [-0.15, -0.1) is 0 Å². The van der Waals surface area contributed by atoms with E-state index in [1.165, 1.54) is 44.6 Å². The van der Waals surface area contributed by atoms with Crippen LogP contribution < -0.4 is 5.32 Å². The van der Waals surface area contributed by atoms with Gasteiger partial charge in [-0.2, -0.15) is 0 Å². The van der Waals surface area contributed by atoms with Crippen LogP contribution in [0.2, 0.25) is 0 Å². The summed E-state index contributed by atoms with van der Waals surface area (Å²) in [5.41, 5.74) is 0.0265. The zero-order valence-corrected chi connectivity index (χ0v) is 12.3. The number of amides is 1. The Balaban J connectivity index is 1.61. The molecule has 1 aromatic heterocycles. The second-order valence-electron chi connectivity index (χ2n) is 5.69. The molecule has 2 N–H and O–H groups in total. The molecule has 0 atom stereocenters. The molecule has 0 bridgehead atoms. The first kappa shape index (κ1) is 15.5. The number of hydrogen-bond donors (Lipinski definition) is 2. The highest BCUT2D eigenvalue weighted by Crippen LogP contribution is 2.27. The lowest BCUT2D eigenvalue weighted by atomic mass is 9.86. The van der Waals surface area contributed by atoms with Crippen LogP contribution in [0.4, 0.5) is 0 Å². The third-order valence-electron chi connectivity index (χ3n) is 4.05. The van der Waals surface area contributed by atoms with Crippen LogP contribution in [-0.2, 0) is 11.3 Å². The Labute approximate surface area is 124 Å². The van der Waals surface area contributed by atoms with E-state index in [0.717, 1.165) is 12.3 Å². The van der Waals surface area contributed by atoms with Crippen LogP contribution in [0.25, 0.3) is 0 Å². The fourth-order valence-electron chi connectivity index (χ4n) is 2.82. The molecule has 1 amide bonds. The summed E-state index contributed by atoms with van der Waals surface area (Å²) in [5.74, 6) is -0.235. The van der Waals surface area contributed by atoms with Crippen molar-refractivity contribution < 1.29 is 14.7 Å². The Morgan fingerprint density at radius 3 is 2.76 bits per heavy atom. The number of carboxylic acids is 1. The molecule has 0 unspecified atom stereocenters. The Kier molecular flexibility index (Phi) is 5.78.